The molecule has 0 radical (unpaired) electrons. The quantitative estimate of drug-likeness (QED) is 0.746. The molecule has 1 aromatic rings. The van der Waals surface area contributed by atoms with E-state index in [1.54, 1.807) is 0 Å². The minimum atomic E-state index is -0.964. The molecule has 0 aromatic carbocycles. The first-order valence-electron chi connectivity index (χ1n) is 5.83. The molecule has 0 bridgehead atoms. The molecule has 1 rings (SSSR count). The van der Waals surface area contributed by atoms with Crippen molar-refractivity contribution in [2.75, 3.05) is 12.4 Å². The Morgan fingerprint density at radius 3 is 2.37 bits per heavy atom. The minimum Gasteiger partial charge on any atom is -0.480 e. The highest BCUT2D eigenvalue weighted by Crippen LogP contribution is 2.10. The number of nitrogens with one attached hydrogen (secondary N) is 1. The highest BCUT2D eigenvalue weighted by Gasteiger charge is 2.19. The van der Waals surface area contributed by atoms with Gasteiger partial charge in [-0.15, -0.1) is 0 Å². The van der Waals surface area contributed by atoms with Gasteiger partial charge in [0.2, 0.25) is 5.95 Å². The van der Waals surface area contributed by atoms with E-state index >= 15 is 0 Å². The Balaban J connectivity index is 2.75. The fraction of sp³-hybridized carbons (Fsp3) is 0.500. The molecular weight excluding hydrogens is 250 g/mol. The zero-order valence-electron chi connectivity index (χ0n) is 11.1. The van der Waals surface area contributed by atoms with Crippen molar-refractivity contribution < 1.29 is 19.4 Å². The van der Waals surface area contributed by atoms with Gasteiger partial charge in [0, 0.05) is 12.4 Å². The van der Waals surface area contributed by atoms with Crippen LogP contribution in [0.1, 0.15) is 30.6 Å². The smallest absolute Gasteiger partial charge is 0.341 e. The van der Waals surface area contributed by atoms with Gasteiger partial charge in [-0.25, -0.2) is 19.6 Å². The van der Waals surface area contributed by atoms with Crippen molar-refractivity contribution in [2.24, 2.45) is 5.92 Å². The van der Waals surface area contributed by atoms with Crippen molar-refractivity contribution in [3.05, 3.63) is 18.0 Å². The number of esters is 1. The number of hydrogen-bond acceptors (Lipinski definition) is 6. The first-order valence-corrected chi connectivity index (χ1v) is 5.83. The average molecular weight is 267 g/mol. The normalized spacial score (nSPS) is 12.0. The van der Waals surface area contributed by atoms with E-state index in [9.17, 15) is 9.59 Å². The molecule has 0 aliphatic carbocycles. The Morgan fingerprint density at radius 1 is 1.37 bits per heavy atom. The highest BCUT2D eigenvalue weighted by atomic mass is 16.5. The highest BCUT2D eigenvalue weighted by molar-refractivity contribution is 5.88. The van der Waals surface area contributed by atoms with Crippen molar-refractivity contribution in [3.8, 4) is 0 Å². The van der Waals surface area contributed by atoms with Crippen LogP contribution in [0.2, 0.25) is 0 Å². The predicted octanol–water partition coefficient (Wildman–Crippen LogP) is 1.17. The third-order valence-electron chi connectivity index (χ3n) is 2.38. The molecule has 0 saturated carbocycles. The van der Waals surface area contributed by atoms with Gasteiger partial charge in [0.05, 0.1) is 12.7 Å². The summed E-state index contributed by atoms with van der Waals surface area (Å²) in [5, 5.41) is 11.8. The van der Waals surface area contributed by atoms with E-state index in [1.165, 1.54) is 19.5 Å². The van der Waals surface area contributed by atoms with Crippen LogP contribution < -0.4 is 5.32 Å². The predicted molar refractivity (Wildman–Crippen MR) is 67.9 cm³/mol. The van der Waals surface area contributed by atoms with E-state index in [0.29, 0.717) is 6.42 Å². The molecule has 2 N–H and O–H groups in total. The van der Waals surface area contributed by atoms with Gasteiger partial charge in [0.15, 0.2) is 0 Å². The molecule has 1 aromatic heterocycles. The van der Waals surface area contributed by atoms with Crippen LogP contribution in [0.15, 0.2) is 12.4 Å². The number of ether oxygens (including phenoxy) is 1. The molecule has 0 spiro atoms. The lowest BCUT2D eigenvalue weighted by atomic mass is 10.0. The van der Waals surface area contributed by atoms with Gasteiger partial charge in [-0.05, 0) is 12.3 Å². The van der Waals surface area contributed by atoms with Crippen LogP contribution in [-0.2, 0) is 9.53 Å². The summed E-state index contributed by atoms with van der Waals surface area (Å²) in [5.74, 6) is -1.11. The molecule has 1 heterocycles. The monoisotopic (exact) mass is 267 g/mol. The molecule has 19 heavy (non-hydrogen) atoms. The Kier molecular flexibility index (Phi) is 5.23. The lowest BCUT2D eigenvalue weighted by molar-refractivity contribution is -0.138. The van der Waals surface area contributed by atoms with Gasteiger partial charge in [-0.2, -0.15) is 0 Å². The second-order valence-electron chi connectivity index (χ2n) is 4.45. The van der Waals surface area contributed by atoms with E-state index in [2.05, 4.69) is 20.0 Å². The molecule has 1 atom stereocenters. The number of carboxylic acid groups (broad SMARTS) is 1. The Labute approximate surface area is 111 Å². The summed E-state index contributed by atoms with van der Waals surface area (Å²) in [6.45, 7) is 3.86. The topological polar surface area (TPSA) is 101 Å². The van der Waals surface area contributed by atoms with Gasteiger partial charge >= 0.3 is 11.9 Å². The number of carbonyl (C=O) groups is 2. The summed E-state index contributed by atoms with van der Waals surface area (Å²) >= 11 is 0. The number of aliphatic carboxylic acids is 1. The number of anilines is 1. The Bertz CT molecular complexity index is 445. The molecule has 0 amide bonds. The van der Waals surface area contributed by atoms with Crippen LogP contribution >= 0.6 is 0 Å². The molecule has 0 aliphatic rings. The Morgan fingerprint density at radius 2 is 1.95 bits per heavy atom. The Hall–Kier alpha value is -2.18. The number of nitrogens with zero attached hydrogens (tertiary/aromatic N) is 2. The number of carbonyl (C=O) groups excluding carboxylic acids is 1. The maximum Gasteiger partial charge on any atom is 0.341 e. The van der Waals surface area contributed by atoms with E-state index < -0.39 is 18.0 Å². The number of hydrogen-bond donors (Lipinski definition) is 2. The average Bonchev–Trinajstić information content (AvgIpc) is 2.37. The van der Waals surface area contributed by atoms with Crippen LogP contribution in [0.25, 0.3) is 0 Å². The van der Waals surface area contributed by atoms with Crippen molar-refractivity contribution in [1.82, 2.24) is 9.97 Å². The van der Waals surface area contributed by atoms with Crippen LogP contribution in [-0.4, -0.2) is 40.2 Å². The lowest BCUT2D eigenvalue weighted by Gasteiger charge is -2.16. The summed E-state index contributed by atoms with van der Waals surface area (Å²) in [4.78, 5) is 30.0. The number of carboxylic acids is 1. The van der Waals surface area contributed by atoms with Crippen molar-refractivity contribution in [3.63, 3.8) is 0 Å². The maximum absolute atomic E-state index is 11.2. The summed E-state index contributed by atoms with van der Waals surface area (Å²) in [6.07, 6.45) is 3.03. The number of rotatable bonds is 6. The number of aromatic nitrogens is 2. The fourth-order valence-electron chi connectivity index (χ4n) is 1.47. The molecule has 7 heteroatoms. The summed E-state index contributed by atoms with van der Waals surface area (Å²) in [5.41, 5.74) is 0.212. The molecular formula is C12H17N3O4. The van der Waals surface area contributed by atoms with Crippen molar-refractivity contribution in [2.45, 2.75) is 26.3 Å². The summed E-state index contributed by atoms with van der Waals surface area (Å²) < 4.78 is 4.51. The first-order chi connectivity index (χ1) is 8.93. The maximum atomic E-state index is 11.2. The van der Waals surface area contributed by atoms with Gasteiger partial charge in [-0.1, -0.05) is 13.8 Å². The van der Waals surface area contributed by atoms with Crippen LogP contribution in [0.5, 0.6) is 0 Å². The standard InChI is InChI=1S/C12H17N3O4/c1-7(2)4-9(10(16)17)15-12-13-5-8(6-14-12)11(18)19-3/h5-7,9H,4H2,1-3H3,(H,16,17)(H,13,14,15)/t9-/m1/s1. The third-order valence-corrected chi connectivity index (χ3v) is 2.38. The van der Waals surface area contributed by atoms with Crippen LogP contribution in [0.3, 0.4) is 0 Å². The van der Waals surface area contributed by atoms with E-state index in [1.807, 2.05) is 13.8 Å². The zero-order chi connectivity index (χ0) is 14.4. The second kappa shape index (κ2) is 6.67. The summed E-state index contributed by atoms with van der Waals surface area (Å²) in [6, 6.07) is -0.760. The van der Waals surface area contributed by atoms with Crippen molar-refractivity contribution in [1.29, 1.82) is 0 Å². The molecule has 0 unspecified atom stereocenters. The molecule has 0 saturated heterocycles. The van der Waals surface area contributed by atoms with Gasteiger partial charge in [-0.3, -0.25) is 0 Å². The third kappa shape index (κ3) is 4.53. The second-order valence-corrected chi connectivity index (χ2v) is 4.45. The van der Waals surface area contributed by atoms with E-state index in [0.717, 1.165) is 0 Å². The molecule has 0 aliphatic heterocycles. The summed E-state index contributed by atoms with van der Waals surface area (Å²) in [7, 11) is 1.26. The van der Waals surface area contributed by atoms with E-state index in [-0.39, 0.29) is 17.4 Å². The van der Waals surface area contributed by atoms with Crippen LogP contribution in [0, 0.1) is 5.92 Å². The van der Waals surface area contributed by atoms with E-state index in [4.69, 9.17) is 5.11 Å². The SMILES string of the molecule is COC(=O)c1cnc(N[C@H](CC(C)C)C(=O)O)nc1. The zero-order valence-corrected chi connectivity index (χ0v) is 11.1. The largest absolute Gasteiger partial charge is 0.480 e. The van der Waals surface area contributed by atoms with Crippen molar-refractivity contribution >= 4 is 17.9 Å². The number of methoxy groups -OCH3 is 1. The molecule has 104 valence electrons. The molecule has 7 nitrogen and oxygen atoms in total. The fourth-order valence-corrected chi connectivity index (χ4v) is 1.47. The van der Waals surface area contributed by atoms with Crippen LogP contribution in [0.4, 0.5) is 5.95 Å². The van der Waals surface area contributed by atoms with Gasteiger partial charge < -0.3 is 15.2 Å². The van der Waals surface area contributed by atoms with Gasteiger partial charge in [0.25, 0.3) is 0 Å². The molecule has 0 fully saturated rings. The minimum absolute atomic E-state index is 0.167. The lowest BCUT2D eigenvalue weighted by Crippen LogP contribution is -2.31. The van der Waals surface area contributed by atoms with Gasteiger partial charge in [0.1, 0.15) is 6.04 Å². The first kappa shape index (κ1) is 14.9.